The summed E-state index contributed by atoms with van der Waals surface area (Å²) in [6.07, 6.45) is 1.34. The molecule has 134 valence electrons. The second kappa shape index (κ2) is 7.99. The van der Waals surface area contributed by atoms with Crippen LogP contribution in [0.25, 0.3) is 0 Å². The average Bonchev–Trinajstić information content (AvgIpc) is 2.61. The van der Waals surface area contributed by atoms with Crippen molar-refractivity contribution in [2.45, 2.75) is 19.6 Å². The molecule has 0 aliphatic carbocycles. The summed E-state index contributed by atoms with van der Waals surface area (Å²) in [7, 11) is 0. The molecule has 1 atom stereocenters. The van der Waals surface area contributed by atoms with Crippen LogP contribution in [0.4, 0.5) is 5.69 Å². The minimum atomic E-state index is -0.335. The van der Waals surface area contributed by atoms with Gasteiger partial charge in [-0.1, -0.05) is 41.9 Å². The van der Waals surface area contributed by atoms with Crippen LogP contribution in [-0.4, -0.2) is 58.6 Å². The molecular formula is C18H23ClN4O2. The number of anilines is 1. The highest BCUT2D eigenvalue weighted by Crippen LogP contribution is 2.22. The van der Waals surface area contributed by atoms with Crippen molar-refractivity contribution in [3.63, 3.8) is 0 Å². The van der Waals surface area contributed by atoms with E-state index < -0.39 is 0 Å². The molecule has 0 radical (unpaired) electrons. The van der Waals surface area contributed by atoms with E-state index in [1.54, 1.807) is 13.1 Å². The third-order valence-corrected chi connectivity index (χ3v) is 4.73. The molecule has 25 heavy (non-hydrogen) atoms. The third kappa shape index (κ3) is 4.39. The number of β-amino-alcohol motifs (C(OH)–C–C–N with tert-alkyl or cyclic N) is 1. The van der Waals surface area contributed by atoms with Gasteiger partial charge in [0.2, 0.25) is 0 Å². The van der Waals surface area contributed by atoms with Crippen LogP contribution in [0, 0.1) is 0 Å². The molecule has 1 aromatic carbocycles. The second-order valence-corrected chi connectivity index (χ2v) is 6.81. The zero-order chi connectivity index (χ0) is 17.8. The first-order valence-corrected chi connectivity index (χ1v) is 8.87. The Kier molecular flexibility index (Phi) is 5.73. The summed E-state index contributed by atoms with van der Waals surface area (Å²) in [4.78, 5) is 16.8. The standard InChI is InChI=1S/C18H23ClN4O2/c1-14(24)12-21-7-9-22(10-8-21)16-11-20-23(18(25)17(16)19)13-15-5-3-2-4-6-15/h2-6,11,14,24H,7-10,12-13H2,1H3/t14-/m1/s1. The molecule has 1 fully saturated rings. The van der Waals surface area contributed by atoms with E-state index in [1.165, 1.54) is 4.68 Å². The summed E-state index contributed by atoms with van der Waals surface area (Å²) in [5.74, 6) is 0. The maximum atomic E-state index is 12.5. The molecule has 0 bridgehead atoms. The summed E-state index contributed by atoms with van der Waals surface area (Å²) in [6.45, 7) is 6.04. The quantitative estimate of drug-likeness (QED) is 0.872. The first kappa shape index (κ1) is 17.9. The normalized spacial score (nSPS) is 16.8. The van der Waals surface area contributed by atoms with Gasteiger partial charge in [-0.15, -0.1) is 0 Å². The predicted molar refractivity (Wildman–Crippen MR) is 99.4 cm³/mol. The van der Waals surface area contributed by atoms with Gasteiger partial charge in [-0.3, -0.25) is 9.69 Å². The van der Waals surface area contributed by atoms with Gasteiger partial charge >= 0.3 is 0 Å². The zero-order valence-corrected chi connectivity index (χ0v) is 15.1. The molecule has 2 heterocycles. The van der Waals surface area contributed by atoms with Crippen LogP contribution in [0.3, 0.4) is 0 Å². The topological polar surface area (TPSA) is 61.6 Å². The van der Waals surface area contributed by atoms with E-state index in [0.717, 1.165) is 31.7 Å². The van der Waals surface area contributed by atoms with E-state index in [-0.39, 0.29) is 16.7 Å². The monoisotopic (exact) mass is 362 g/mol. The number of halogens is 1. The van der Waals surface area contributed by atoms with E-state index in [2.05, 4.69) is 14.9 Å². The number of hydrogen-bond acceptors (Lipinski definition) is 5. The fourth-order valence-electron chi connectivity index (χ4n) is 3.09. The average molecular weight is 363 g/mol. The van der Waals surface area contributed by atoms with Crippen LogP contribution in [0.15, 0.2) is 41.3 Å². The number of rotatable bonds is 5. The molecule has 0 amide bonds. The first-order valence-electron chi connectivity index (χ1n) is 8.49. The molecule has 2 aromatic rings. The minimum Gasteiger partial charge on any atom is -0.392 e. The van der Waals surface area contributed by atoms with Crippen LogP contribution in [0.2, 0.25) is 5.02 Å². The van der Waals surface area contributed by atoms with Crippen molar-refractivity contribution >= 4 is 17.3 Å². The van der Waals surface area contributed by atoms with Crippen molar-refractivity contribution in [3.8, 4) is 0 Å². The number of benzene rings is 1. The lowest BCUT2D eigenvalue weighted by Crippen LogP contribution is -2.48. The summed E-state index contributed by atoms with van der Waals surface area (Å²) in [5, 5.41) is 14.0. The Morgan fingerprint density at radius 2 is 1.88 bits per heavy atom. The van der Waals surface area contributed by atoms with Gasteiger partial charge in [-0.2, -0.15) is 5.10 Å². The number of aromatic nitrogens is 2. The molecule has 1 aliphatic heterocycles. The van der Waals surface area contributed by atoms with Gasteiger partial charge < -0.3 is 10.0 Å². The Bertz CT molecular complexity index is 755. The van der Waals surface area contributed by atoms with Crippen molar-refractivity contribution in [2.24, 2.45) is 0 Å². The SMILES string of the molecule is C[C@@H](O)CN1CCN(c2cnn(Cc3ccccc3)c(=O)c2Cl)CC1. The maximum Gasteiger partial charge on any atom is 0.287 e. The van der Waals surface area contributed by atoms with Crippen LogP contribution < -0.4 is 10.5 Å². The van der Waals surface area contributed by atoms with Crippen LogP contribution in [-0.2, 0) is 6.54 Å². The highest BCUT2D eigenvalue weighted by Gasteiger charge is 2.21. The second-order valence-electron chi connectivity index (χ2n) is 6.43. The van der Waals surface area contributed by atoms with Crippen molar-refractivity contribution in [3.05, 3.63) is 57.5 Å². The van der Waals surface area contributed by atoms with Crippen LogP contribution >= 0.6 is 11.6 Å². The zero-order valence-electron chi connectivity index (χ0n) is 14.3. The van der Waals surface area contributed by atoms with Crippen molar-refractivity contribution in [1.29, 1.82) is 0 Å². The molecule has 0 spiro atoms. The number of hydrogen-bond donors (Lipinski definition) is 1. The Morgan fingerprint density at radius 1 is 1.20 bits per heavy atom. The van der Waals surface area contributed by atoms with Crippen LogP contribution in [0.5, 0.6) is 0 Å². The van der Waals surface area contributed by atoms with Gasteiger partial charge in [0, 0.05) is 32.7 Å². The molecule has 7 heteroatoms. The summed E-state index contributed by atoms with van der Waals surface area (Å²) < 4.78 is 1.39. The van der Waals surface area contributed by atoms with E-state index in [4.69, 9.17) is 11.6 Å². The molecule has 6 nitrogen and oxygen atoms in total. The van der Waals surface area contributed by atoms with E-state index in [1.807, 2.05) is 30.3 Å². The third-order valence-electron chi connectivity index (χ3n) is 4.38. The van der Waals surface area contributed by atoms with Gasteiger partial charge in [0.05, 0.1) is 24.5 Å². The van der Waals surface area contributed by atoms with Crippen molar-refractivity contribution in [1.82, 2.24) is 14.7 Å². The number of aliphatic hydroxyl groups is 1. The molecule has 0 unspecified atom stereocenters. The van der Waals surface area contributed by atoms with Crippen molar-refractivity contribution < 1.29 is 5.11 Å². The molecule has 1 aromatic heterocycles. The summed E-state index contributed by atoms with van der Waals surface area (Å²) in [6, 6.07) is 9.72. The van der Waals surface area contributed by atoms with Crippen LogP contribution in [0.1, 0.15) is 12.5 Å². The smallest absolute Gasteiger partial charge is 0.287 e. The Balaban J connectivity index is 1.72. The van der Waals surface area contributed by atoms with Gasteiger partial charge in [-0.05, 0) is 12.5 Å². The first-order chi connectivity index (χ1) is 12.0. The van der Waals surface area contributed by atoms with Gasteiger partial charge in [0.25, 0.3) is 5.56 Å². The lowest BCUT2D eigenvalue weighted by molar-refractivity contribution is 0.122. The van der Waals surface area contributed by atoms with E-state index in [0.29, 0.717) is 18.8 Å². The molecule has 1 aliphatic rings. The van der Waals surface area contributed by atoms with Gasteiger partial charge in [0.1, 0.15) is 5.02 Å². The highest BCUT2D eigenvalue weighted by molar-refractivity contribution is 6.33. The lowest BCUT2D eigenvalue weighted by Gasteiger charge is -2.36. The highest BCUT2D eigenvalue weighted by atomic mass is 35.5. The van der Waals surface area contributed by atoms with E-state index >= 15 is 0 Å². The largest absolute Gasteiger partial charge is 0.392 e. The van der Waals surface area contributed by atoms with E-state index in [9.17, 15) is 9.90 Å². The van der Waals surface area contributed by atoms with Crippen molar-refractivity contribution in [2.75, 3.05) is 37.6 Å². The fourth-order valence-corrected chi connectivity index (χ4v) is 3.36. The Labute approximate surface area is 152 Å². The summed E-state index contributed by atoms with van der Waals surface area (Å²) >= 11 is 6.35. The minimum absolute atomic E-state index is 0.218. The number of nitrogens with zero attached hydrogens (tertiary/aromatic N) is 4. The molecule has 1 saturated heterocycles. The van der Waals surface area contributed by atoms with Gasteiger partial charge in [0.15, 0.2) is 0 Å². The molecule has 0 saturated carbocycles. The number of aliphatic hydroxyl groups excluding tert-OH is 1. The van der Waals surface area contributed by atoms with Gasteiger partial charge in [-0.25, -0.2) is 4.68 Å². The molecule has 3 rings (SSSR count). The maximum absolute atomic E-state index is 12.5. The molecular weight excluding hydrogens is 340 g/mol. The summed E-state index contributed by atoms with van der Waals surface area (Å²) in [5.41, 5.74) is 1.43. The predicted octanol–water partition coefficient (Wildman–Crippen LogP) is 1.45. The fraction of sp³-hybridized carbons (Fsp3) is 0.444. The Morgan fingerprint density at radius 3 is 2.52 bits per heavy atom. The lowest BCUT2D eigenvalue weighted by atomic mass is 10.2. The molecule has 1 N–H and O–H groups in total. The number of piperazine rings is 1. The Hall–Kier alpha value is -1.89.